The number of rotatable bonds is 2. The van der Waals surface area contributed by atoms with Gasteiger partial charge < -0.3 is 0 Å². The molecule has 0 radical (unpaired) electrons. The Morgan fingerprint density at radius 3 is 2.67 bits per heavy atom. The monoisotopic (exact) mass is 163 g/mol. The highest BCUT2D eigenvalue weighted by atomic mass is 16.6. The van der Waals surface area contributed by atoms with Crippen molar-refractivity contribution in [1.82, 2.24) is 0 Å². The highest BCUT2D eigenvalue weighted by Crippen LogP contribution is 2.18. The van der Waals surface area contributed by atoms with Crippen molar-refractivity contribution in [2.24, 2.45) is 0 Å². The Hall–Kier alpha value is -1.64. The molecule has 0 amide bonds. The molecule has 0 unspecified atom stereocenters. The summed E-state index contributed by atoms with van der Waals surface area (Å²) in [5.74, 6) is 0. The van der Waals surface area contributed by atoms with Crippen molar-refractivity contribution >= 4 is 11.8 Å². The van der Waals surface area contributed by atoms with E-state index in [0.717, 1.165) is 5.56 Å². The first-order chi connectivity index (χ1) is 5.65. The smallest absolute Gasteiger partial charge is 0.258 e. The highest BCUT2D eigenvalue weighted by Gasteiger charge is 2.08. The van der Waals surface area contributed by atoms with E-state index >= 15 is 0 Å². The average molecular weight is 163 g/mol. The molecule has 0 fully saturated rings. The zero-order chi connectivity index (χ0) is 9.14. The topological polar surface area (TPSA) is 43.1 Å². The molecule has 62 valence electrons. The van der Waals surface area contributed by atoms with Gasteiger partial charge in [-0.2, -0.15) is 0 Å². The van der Waals surface area contributed by atoms with Crippen LogP contribution in [0.25, 0.3) is 6.08 Å². The second kappa shape index (κ2) is 3.17. The lowest BCUT2D eigenvalue weighted by Gasteiger charge is -1.97. The minimum Gasteiger partial charge on any atom is -0.258 e. The fourth-order valence-corrected chi connectivity index (χ4v) is 1.01. The number of nitro groups is 1. The van der Waals surface area contributed by atoms with Gasteiger partial charge >= 0.3 is 0 Å². The Bertz CT molecular complexity index is 331. The Balaban J connectivity index is 3.20. The second-order valence-electron chi connectivity index (χ2n) is 2.51. The Kier molecular flexibility index (Phi) is 2.24. The molecule has 1 aromatic carbocycles. The van der Waals surface area contributed by atoms with Gasteiger partial charge in [0.1, 0.15) is 0 Å². The molecule has 0 N–H and O–H groups in total. The standard InChI is InChI=1S/C9H9NO2/c1-3-8-4-5-9(10(11)12)7(2)6-8/h3-6H,1H2,2H3. The van der Waals surface area contributed by atoms with Crippen LogP contribution in [-0.4, -0.2) is 4.92 Å². The van der Waals surface area contributed by atoms with Gasteiger partial charge in [0.2, 0.25) is 0 Å². The Labute approximate surface area is 70.5 Å². The third kappa shape index (κ3) is 1.50. The summed E-state index contributed by atoms with van der Waals surface area (Å²) in [6, 6.07) is 4.91. The molecule has 1 rings (SSSR count). The number of nitrogens with zero attached hydrogens (tertiary/aromatic N) is 1. The highest BCUT2D eigenvalue weighted by molar-refractivity contribution is 5.53. The summed E-state index contributed by atoms with van der Waals surface area (Å²) in [6.45, 7) is 5.29. The number of benzene rings is 1. The summed E-state index contributed by atoms with van der Waals surface area (Å²) in [4.78, 5) is 10.0. The van der Waals surface area contributed by atoms with Crippen LogP contribution in [-0.2, 0) is 0 Å². The molecule has 0 aromatic heterocycles. The van der Waals surface area contributed by atoms with Gasteiger partial charge in [0.15, 0.2) is 0 Å². The van der Waals surface area contributed by atoms with Crippen LogP contribution in [0.1, 0.15) is 11.1 Å². The maximum atomic E-state index is 10.4. The van der Waals surface area contributed by atoms with E-state index in [2.05, 4.69) is 6.58 Å². The molecule has 0 atom stereocenters. The third-order valence-corrected chi connectivity index (χ3v) is 1.65. The zero-order valence-corrected chi connectivity index (χ0v) is 6.78. The van der Waals surface area contributed by atoms with E-state index in [0.29, 0.717) is 5.56 Å². The van der Waals surface area contributed by atoms with E-state index < -0.39 is 0 Å². The van der Waals surface area contributed by atoms with Gasteiger partial charge in [-0.1, -0.05) is 12.7 Å². The predicted octanol–water partition coefficient (Wildman–Crippen LogP) is 2.55. The van der Waals surface area contributed by atoms with Crippen LogP contribution in [0.3, 0.4) is 0 Å². The van der Waals surface area contributed by atoms with Crippen molar-refractivity contribution in [2.45, 2.75) is 6.92 Å². The maximum Gasteiger partial charge on any atom is 0.272 e. The van der Waals surface area contributed by atoms with E-state index in [1.165, 1.54) is 6.07 Å². The van der Waals surface area contributed by atoms with Gasteiger partial charge in [0.25, 0.3) is 5.69 Å². The fourth-order valence-electron chi connectivity index (χ4n) is 1.01. The Morgan fingerprint density at radius 2 is 2.25 bits per heavy atom. The van der Waals surface area contributed by atoms with Crippen LogP contribution in [0.5, 0.6) is 0 Å². The molecule has 0 aliphatic rings. The molecule has 0 spiro atoms. The molecule has 0 saturated carbocycles. The van der Waals surface area contributed by atoms with Crippen molar-refractivity contribution < 1.29 is 4.92 Å². The molecule has 1 aromatic rings. The summed E-state index contributed by atoms with van der Waals surface area (Å²) in [7, 11) is 0. The van der Waals surface area contributed by atoms with E-state index in [1.807, 2.05) is 0 Å². The lowest BCUT2D eigenvalue weighted by Crippen LogP contribution is -1.91. The van der Waals surface area contributed by atoms with Crippen LogP contribution in [0.15, 0.2) is 24.8 Å². The van der Waals surface area contributed by atoms with Crippen molar-refractivity contribution in [3.8, 4) is 0 Å². The number of hydrogen-bond donors (Lipinski definition) is 0. The minimum atomic E-state index is -0.387. The van der Waals surface area contributed by atoms with Gasteiger partial charge in [-0.25, -0.2) is 0 Å². The van der Waals surface area contributed by atoms with Crippen LogP contribution >= 0.6 is 0 Å². The van der Waals surface area contributed by atoms with Gasteiger partial charge in [0.05, 0.1) is 4.92 Å². The second-order valence-corrected chi connectivity index (χ2v) is 2.51. The lowest BCUT2D eigenvalue weighted by atomic mass is 10.1. The van der Waals surface area contributed by atoms with Gasteiger partial charge in [-0.3, -0.25) is 10.1 Å². The first-order valence-corrected chi connectivity index (χ1v) is 3.52. The zero-order valence-electron chi connectivity index (χ0n) is 6.78. The molecular formula is C9H9NO2. The summed E-state index contributed by atoms with van der Waals surface area (Å²) < 4.78 is 0. The quantitative estimate of drug-likeness (QED) is 0.496. The molecule has 0 saturated heterocycles. The van der Waals surface area contributed by atoms with Crippen molar-refractivity contribution in [1.29, 1.82) is 0 Å². The molecule has 0 bridgehead atoms. The van der Waals surface area contributed by atoms with Gasteiger partial charge in [-0.15, -0.1) is 0 Å². The largest absolute Gasteiger partial charge is 0.272 e. The molecule has 3 heteroatoms. The van der Waals surface area contributed by atoms with Crippen LogP contribution in [0.4, 0.5) is 5.69 Å². The molecule has 12 heavy (non-hydrogen) atoms. The fraction of sp³-hybridized carbons (Fsp3) is 0.111. The maximum absolute atomic E-state index is 10.4. The summed E-state index contributed by atoms with van der Waals surface area (Å²) in [6.07, 6.45) is 1.66. The number of hydrogen-bond acceptors (Lipinski definition) is 2. The van der Waals surface area contributed by atoms with E-state index in [1.54, 1.807) is 25.1 Å². The third-order valence-electron chi connectivity index (χ3n) is 1.65. The van der Waals surface area contributed by atoms with Crippen molar-refractivity contribution in [2.75, 3.05) is 0 Å². The first kappa shape index (κ1) is 8.46. The van der Waals surface area contributed by atoms with Gasteiger partial charge in [0, 0.05) is 11.6 Å². The van der Waals surface area contributed by atoms with Crippen LogP contribution < -0.4 is 0 Å². The predicted molar refractivity (Wildman–Crippen MR) is 47.9 cm³/mol. The average Bonchev–Trinajstić information content (AvgIpc) is 2.03. The number of aryl methyl sites for hydroxylation is 1. The molecule has 0 heterocycles. The van der Waals surface area contributed by atoms with E-state index in [9.17, 15) is 10.1 Å². The van der Waals surface area contributed by atoms with Crippen LogP contribution in [0.2, 0.25) is 0 Å². The lowest BCUT2D eigenvalue weighted by molar-refractivity contribution is -0.385. The van der Waals surface area contributed by atoms with E-state index in [-0.39, 0.29) is 10.6 Å². The van der Waals surface area contributed by atoms with Crippen LogP contribution in [0, 0.1) is 17.0 Å². The van der Waals surface area contributed by atoms with E-state index in [4.69, 9.17) is 0 Å². The molecule has 0 aliphatic carbocycles. The summed E-state index contributed by atoms with van der Waals surface area (Å²) >= 11 is 0. The normalized spacial score (nSPS) is 9.42. The van der Waals surface area contributed by atoms with Crippen molar-refractivity contribution in [3.63, 3.8) is 0 Å². The number of nitro benzene ring substituents is 1. The molecular weight excluding hydrogens is 154 g/mol. The Morgan fingerprint density at radius 1 is 1.58 bits per heavy atom. The SMILES string of the molecule is C=Cc1ccc([N+](=O)[O-])c(C)c1. The summed E-state index contributed by atoms with van der Waals surface area (Å²) in [5, 5.41) is 10.4. The van der Waals surface area contributed by atoms with Gasteiger partial charge in [-0.05, 0) is 24.6 Å². The molecule has 0 aliphatic heterocycles. The molecule has 3 nitrogen and oxygen atoms in total. The van der Waals surface area contributed by atoms with Crippen molar-refractivity contribution in [3.05, 3.63) is 46.0 Å². The summed E-state index contributed by atoms with van der Waals surface area (Å²) in [5.41, 5.74) is 1.72. The minimum absolute atomic E-state index is 0.153. The first-order valence-electron chi connectivity index (χ1n) is 3.52.